The number of aliphatic hydroxyl groups excluding tert-OH is 4. The third kappa shape index (κ3) is 7.48. The molecular formula is C20H28N10O14P2S2. The molecule has 2 saturated heterocycles. The van der Waals surface area contributed by atoms with Crippen molar-refractivity contribution in [3.05, 3.63) is 21.9 Å². The number of H-pyrrole nitrogens is 2. The number of ether oxygens (including phenoxy) is 2. The number of nitrogens with two attached hydrogens (primary N) is 2. The van der Waals surface area contributed by atoms with Crippen molar-refractivity contribution >= 4 is 74.3 Å². The standard InChI is InChI=1S/2C10H14N5O7PS/c11-10-13-7-4(8(24)14-10)12-2-15(7)9-5(17)6(3(1-16)21-9)22-23(18,19)20;11-10-13-7-4(8(24)14-10)12-2-15(7)9-6(22-23(18,19)20)5(17)3(1-16)21-9/h2*2-3,5-6,9,16-17H,1H2,(H2,18,19,20)(H3,11,13,14,24). The van der Waals surface area contributed by atoms with E-state index >= 15 is 0 Å². The van der Waals surface area contributed by atoms with E-state index < -0.39 is 77.9 Å². The lowest BCUT2D eigenvalue weighted by molar-refractivity contribution is -0.0509. The van der Waals surface area contributed by atoms with Gasteiger partial charge in [0.1, 0.15) is 59.0 Å². The summed E-state index contributed by atoms with van der Waals surface area (Å²) in [6, 6.07) is 0. The van der Waals surface area contributed by atoms with E-state index in [4.69, 9.17) is 65.0 Å². The van der Waals surface area contributed by atoms with Gasteiger partial charge in [0.05, 0.1) is 25.9 Å². The molecule has 2 fully saturated rings. The molecule has 28 heteroatoms. The van der Waals surface area contributed by atoms with Gasteiger partial charge in [0.15, 0.2) is 33.6 Å². The lowest BCUT2D eigenvalue weighted by atomic mass is 10.1. The Morgan fingerprint density at radius 1 is 0.771 bits per heavy atom. The number of anilines is 2. The van der Waals surface area contributed by atoms with Crippen LogP contribution in [0, 0.1) is 9.28 Å². The number of aliphatic hydroxyl groups is 4. The number of imidazole rings is 2. The summed E-state index contributed by atoms with van der Waals surface area (Å²) in [5.74, 6) is 0.0161. The fourth-order valence-electron chi connectivity index (χ4n) is 5.04. The molecule has 0 radical (unpaired) electrons. The van der Waals surface area contributed by atoms with Crippen LogP contribution in [-0.4, -0.2) is 129 Å². The summed E-state index contributed by atoms with van der Waals surface area (Å²) in [4.78, 5) is 57.2. The molecule has 0 aromatic carbocycles. The first-order valence-electron chi connectivity index (χ1n) is 13.2. The van der Waals surface area contributed by atoms with Crippen molar-refractivity contribution in [3.63, 3.8) is 0 Å². The number of aromatic amines is 2. The zero-order chi connectivity index (χ0) is 35.3. The highest BCUT2D eigenvalue weighted by Crippen LogP contribution is 2.46. The molecule has 48 heavy (non-hydrogen) atoms. The van der Waals surface area contributed by atoms with E-state index in [-0.39, 0.29) is 32.3 Å². The van der Waals surface area contributed by atoms with Crippen LogP contribution in [0.1, 0.15) is 12.5 Å². The molecule has 6 heterocycles. The molecule has 2 aliphatic rings. The van der Waals surface area contributed by atoms with Crippen LogP contribution in [0.25, 0.3) is 22.3 Å². The number of hydrogen-bond acceptors (Lipinski definition) is 18. The summed E-state index contributed by atoms with van der Waals surface area (Å²) >= 11 is 10.1. The second-order valence-corrected chi connectivity index (χ2v) is 13.3. The van der Waals surface area contributed by atoms with Crippen LogP contribution in [0.2, 0.25) is 0 Å². The average Bonchev–Trinajstić information content (AvgIpc) is 3.73. The van der Waals surface area contributed by atoms with Gasteiger partial charge in [-0.15, -0.1) is 0 Å². The van der Waals surface area contributed by atoms with Crippen LogP contribution in [0.3, 0.4) is 0 Å². The highest BCUT2D eigenvalue weighted by atomic mass is 32.1. The molecule has 6 rings (SSSR count). The summed E-state index contributed by atoms with van der Waals surface area (Å²) in [5.41, 5.74) is 12.4. The maximum absolute atomic E-state index is 11.2. The number of fused-ring (bicyclic) bond motifs is 2. The number of nitrogens with zero attached hydrogens (tertiary/aromatic N) is 6. The first-order chi connectivity index (χ1) is 22.4. The Hall–Kier alpha value is -2.88. The zero-order valence-corrected chi connectivity index (χ0v) is 27.2. The van der Waals surface area contributed by atoms with Crippen molar-refractivity contribution in [2.75, 3.05) is 24.7 Å². The van der Waals surface area contributed by atoms with Crippen molar-refractivity contribution < 1.29 is 67.7 Å². The predicted octanol–water partition coefficient (Wildman–Crippen LogP) is -2.40. The smallest absolute Gasteiger partial charge is 0.394 e. The van der Waals surface area contributed by atoms with Crippen LogP contribution in [0.5, 0.6) is 0 Å². The summed E-state index contributed by atoms with van der Waals surface area (Å²) in [7, 11) is -9.83. The topological polar surface area (TPSA) is 378 Å². The molecular weight excluding hydrogens is 730 g/mol. The van der Waals surface area contributed by atoms with E-state index in [9.17, 15) is 29.6 Å². The molecule has 264 valence electrons. The van der Waals surface area contributed by atoms with Crippen LogP contribution >= 0.6 is 40.1 Å². The summed E-state index contributed by atoms with van der Waals surface area (Å²) in [6.45, 7) is -1.20. The van der Waals surface area contributed by atoms with E-state index in [0.717, 1.165) is 0 Å². The van der Waals surface area contributed by atoms with Crippen LogP contribution < -0.4 is 11.5 Å². The highest BCUT2D eigenvalue weighted by Gasteiger charge is 2.49. The second-order valence-electron chi connectivity index (χ2n) is 10.2. The molecule has 8 atom stereocenters. The third-order valence-corrected chi connectivity index (χ3v) is 8.58. The molecule has 0 spiro atoms. The first kappa shape index (κ1) is 36.4. The van der Waals surface area contributed by atoms with Gasteiger partial charge in [-0.25, -0.2) is 29.1 Å². The summed E-state index contributed by atoms with van der Waals surface area (Å²) < 4.78 is 45.2. The lowest BCUT2D eigenvalue weighted by Gasteiger charge is -2.22. The van der Waals surface area contributed by atoms with E-state index in [1.165, 1.54) is 21.8 Å². The predicted molar refractivity (Wildman–Crippen MR) is 162 cm³/mol. The Labute approximate surface area is 276 Å². The first-order valence-corrected chi connectivity index (χ1v) is 17.1. The minimum Gasteiger partial charge on any atom is -0.394 e. The number of phosphoric ester groups is 2. The zero-order valence-electron chi connectivity index (χ0n) is 23.8. The monoisotopic (exact) mass is 758 g/mol. The van der Waals surface area contributed by atoms with Gasteiger partial charge in [-0.05, 0) is 0 Å². The van der Waals surface area contributed by atoms with Crippen LogP contribution in [0.15, 0.2) is 12.7 Å². The largest absolute Gasteiger partial charge is 0.470 e. The quantitative estimate of drug-likeness (QED) is 0.0658. The van der Waals surface area contributed by atoms with Gasteiger partial charge in [0.25, 0.3) is 0 Å². The third-order valence-electron chi connectivity index (χ3n) is 6.98. The Morgan fingerprint density at radius 2 is 1.21 bits per heavy atom. The minimum absolute atomic E-state index is 0.000963. The van der Waals surface area contributed by atoms with Crippen molar-refractivity contribution in [1.29, 1.82) is 0 Å². The van der Waals surface area contributed by atoms with Crippen LogP contribution in [-0.2, 0) is 27.7 Å². The highest BCUT2D eigenvalue weighted by molar-refractivity contribution is 7.71. The maximum Gasteiger partial charge on any atom is 0.470 e. The van der Waals surface area contributed by atoms with Gasteiger partial charge in [-0.1, -0.05) is 24.4 Å². The molecule has 14 N–H and O–H groups in total. The molecule has 0 amide bonds. The van der Waals surface area contributed by atoms with Crippen molar-refractivity contribution in [2.24, 2.45) is 0 Å². The molecule has 2 aliphatic heterocycles. The number of rotatable bonds is 8. The SMILES string of the molecule is Nc1nc(=S)c2ncn(C3OC(CO)C(O)C3OP(=O)(O)O)c2[nH]1.Nc1nc(=S)c2ncn(C3OC(CO)C(OP(=O)(O)O)C3O)c2[nH]1. The molecule has 8 unspecified atom stereocenters. The molecule has 4 aromatic rings. The number of aromatic nitrogens is 8. The molecule has 0 saturated carbocycles. The van der Waals surface area contributed by atoms with Crippen molar-refractivity contribution in [2.45, 2.75) is 49.1 Å². The van der Waals surface area contributed by atoms with Crippen molar-refractivity contribution in [1.82, 2.24) is 39.0 Å². The van der Waals surface area contributed by atoms with Gasteiger partial charge in [-0.2, -0.15) is 0 Å². The Kier molecular flexibility index (Phi) is 10.5. The minimum atomic E-state index is -4.93. The number of hydrogen-bond donors (Lipinski definition) is 12. The van der Waals surface area contributed by atoms with Gasteiger partial charge in [-0.3, -0.25) is 18.2 Å². The van der Waals surface area contributed by atoms with E-state index in [1.807, 2.05) is 0 Å². The Balaban J connectivity index is 0.000000188. The number of nitrogen functional groups attached to an aromatic ring is 2. The number of nitrogens with one attached hydrogen (secondary N) is 2. The molecule has 4 aromatic heterocycles. The molecule has 0 aliphatic carbocycles. The number of phosphoric acid groups is 2. The average molecular weight is 759 g/mol. The van der Waals surface area contributed by atoms with Crippen molar-refractivity contribution in [3.8, 4) is 0 Å². The second kappa shape index (κ2) is 13.8. The fraction of sp³-hybridized carbons (Fsp3) is 0.500. The lowest BCUT2D eigenvalue weighted by Crippen LogP contribution is -2.35. The van der Waals surface area contributed by atoms with Gasteiger partial charge >= 0.3 is 15.6 Å². The van der Waals surface area contributed by atoms with E-state index in [1.54, 1.807) is 0 Å². The normalized spacial score (nSPS) is 27.8. The molecule has 0 bridgehead atoms. The summed E-state index contributed by atoms with van der Waals surface area (Å²) in [6.07, 6.45) is -7.92. The molecule has 24 nitrogen and oxygen atoms in total. The van der Waals surface area contributed by atoms with Gasteiger partial charge in [0.2, 0.25) is 0 Å². The van der Waals surface area contributed by atoms with Gasteiger partial charge < -0.3 is 70.9 Å². The fourth-order valence-corrected chi connectivity index (χ4v) is 6.66. The van der Waals surface area contributed by atoms with Gasteiger partial charge in [0, 0.05) is 0 Å². The van der Waals surface area contributed by atoms with E-state index in [0.29, 0.717) is 11.2 Å². The Bertz CT molecular complexity index is 2010. The van der Waals surface area contributed by atoms with Crippen LogP contribution in [0.4, 0.5) is 11.9 Å². The Morgan fingerprint density at radius 3 is 1.67 bits per heavy atom. The van der Waals surface area contributed by atoms with E-state index in [2.05, 4.69) is 39.0 Å². The maximum atomic E-state index is 11.2. The summed E-state index contributed by atoms with van der Waals surface area (Å²) in [5, 5.41) is 39.0.